The van der Waals surface area contributed by atoms with Gasteiger partial charge in [-0.15, -0.1) is 0 Å². The van der Waals surface area contributed by atoms with Crippen molar-refractivity contribution >= 4 is 0 Å². The van der Waals surface area contributed by atoms with Gasteiger partial charge in [-0.2, -0.15) is 0 Å². The van der Waals surface area contributed by atoms with Crippen LogP contribution in [0.2, 0.25) is 0 Å². The van der Waals surface area contributed by atoms with Crippen molar-refractivity contribution in [1.29, 1.82) is 0 Å². The lowest BCUT2D eigenvalue weighted by Crippen LogP contribution is -2.11. The first-order valence-electron chi connectivity index (χ1n) is 6.71. The van der Waals surface area contributed by atoms with E-state index in [0.717, 1.165) is 12.2 Å². The van der Waals surface area contributed by atoms with Crippen LogP contribution in [0.3, 0.4) is 0 Å². The zero-order chi connectivity index (χ0) is 13.9. The molecule has 2 rings (SSSR count). The predicted molar refractivity (Wildman–Crippen MR) is 80.9 cm³/mol. The Morgan fingerprint density at radius 3 is 2.16 bits per heavy atom. The second-order valence-electron chi connectivity index (χ2n) is 5.98. The molecular formula is C18H22O. The summed E-state index contributed by atoms with van der Waals surface area (Å²) in [6.07, 6.45) is 0.966. The first-order chi connectivity index (χ1) is 8.99. The maximum Gasteiger partial charge on any atom is 0.118 e. The van der Waals surface area contributed by atoms with E-state index < -0.39 is 0 Å². The van der Waals surface area contributed by atoms with Crippen molar-refractivity contribution in [3.63, 3.8) is 0 Å². The highest BCUT2D eigenvalue weighted by Crippen LogP contribution is 2.24. The maximum atomic E-state index is 5.18. The minimum atomic E-state index is 0.204. The summed E-state index contributed by atoms with van der Waals surface area (Å²) in [5, 5.41) is 0. The molecule has 100 valence electrons. The van der Waals surface area contributed by atoms with Crippen LogP contribution in [-0.4, -0.2) is 7.11 Å². The molecule has 0 aliphatic rings. The Balaban J connectivity index is 2.18. The zero-order valence-corrected chi connectivity index (χ0v) is 12.2. The number of hydrogen-bond donors (Lipinski definition) is 0. The molecule has 0 N–H and O–H groups in total. The highest BCUT2D eigenvalue weighted by molar-refractivity contribution is 5.34. The third kappa shape index (κ3) is 3.60. The van der Waals surface area contributed by atoms with Gasteiger partial charge in [0.05, 0.1) is 7.11 Å². The van der Waals surface area contributed by atoms with Gasteiger partial charge in [0.1, 0.15) is 5.75 Å². The Morgan fingerprint density at radius 2 is 1.58 bits per heavy atom. The molecule has 0 radical (unpaired) electrons. The van der Waals surface area contributed by atoms with Gasteiger partial charge in [0, 0.05) is 0 Å². The number of ether oxygens (including phenoxy) is 1. The molecule has 0 heterocycles. The van der Waals surface area contributed by atoms with E-state index in [1.54, 1.807) is 7.11 Å². The quantitative estimate of drug-likeness (QED) is 0.778. The first kappa shape index (κ1) is 13.7. The lowest BCUT2D eigenvalue weighted by molar-refractivity contribution is 0.414. The lowest BCUT2D eigenvalue weighted by atomic mass is 9.85. The van der Waals surface area contributed by atoms with Crippen molar-refractivity contribution in [2.75, 3.05) is 7.11 Å². The van der Waals surface area contributed by atoms with E-state index in [1.807, 2.05) is 12.1 Å². The van der Waals surface area contributed by atoms with Crippen LogP contribution in [0, 0.1) is 0 Å². The van der Waals surface area contributed by atoms with Gasteiger partial charge < -0.3 is 4.74 Å². The van der Waals surface area contributed by atoms with E-state index in [2.05, 4.69) is 57.2 Å². The zero-order valence-electron chi connectivity index (χ0n) is 12.2. The summed E-state index contributed by atoms with van der Waals surface area (Å²) < 4.78 is 5.18. The van der Waals surface area contributed by atoms with Gasteiger partial charge in [-0.05, 0) is 40.7 Å². The second kappa shape index (κ2) is 5.48. The number of methoxy groups -OCH3 is 1. The van der Waals surface area contributed by atoms with Crippen LogP contribution in [-0.2, 0) is 11.8 Å². The Bertz CT molecular complexity index is 532. The van der Waals surface area contributed by atoms with Gasteiger partial charge in [-0.3, -0.25) is 0 Å². The molecule has 0 saturated heterocycles. The molecule has 1 nitrogen and oxygen atoms in total. The summed E-state index contributed by atoms with van der Waals surface area (Å²) in [5.74, 6) is 0.909. The van der Waals surface area contributed by atoms with Crippen molar-refractivity contribution < 1.29 is 4.74 Å². The van der Waals surface area contributed by atoms with E-state index in [0.29, 0.717) is 0 Å². The molecule has 2 aromatic carbocycles. The summed E-state index contributed by atoms with van der Waals surface area (Å²) in [6.45, 7) is 6.75. The molecule has 19 heavy (non-hydrogen) atoms. The van der Waals surface area contributed by atoms with Crippen molar-refractivity contribution in [3.8, 4) is 5.75 Å². The van der Waals surface area contributed by atoms with Crippen LogP contribution in [0.4, 0.5) is 0 Å². The number of hydrogen-bond acceptors (Lipinski definition) is 1. The fourth-order valence-corrected chi connectivity index (χ4v) is 2.13. The average molecular weight is 254 g/mol. The van der Waals surface area contributed by atoms with Gasteiger partial charge in [0.15, 0.2) is 0 Å². The van der Waals surface area contributed by atoms with Crippen LogP contribution in [0.15, 0.2) is 48.5 Å². The average Bonchev–Trinajstić information content (AvgIpc) is 2.39. The molecule has 0 aromatic heterocycles. The molecule has 0 aliphatic heterocycles. The summed E-state index contributed by atoms with van der Waals surface area (Å²) in [6, 6.07) is 17.2. The van der Waals surface area contributed by atoms with Crippen LogP contribution in [0.5, 0.6) is 5.75 Å². The molecule has 1 heteroatoms. The molecule has 2 aromatic rings. The highest BCUT2D eigenvalue weighted by atomic mass is 16.5. The third-order valence-electron chi connectivity index (χ3n) is 3.36. The largest absolute Gasteiger partial charge is 0.497 e. The van der Waals surface area contributed by atoms with Gasteiger partial charge >= 0.3 is 0 Å². The molecular weight excluding hydrogens is 232 g/mol. The molecule has 0 unspecified atom stereocenters. The van der Waals surface area contributed by atoms with Crippen LogP contribution < -0.4 is 4.74 Å². The summed E-state index contributed by atoms with van der Waals surface area (Å²) in [5.41, 5.74) is 4.26. The molecule has 0 spiro atoms. The second-order valence-corrected chi connectivity index (χ2v) is 5.98. The van der Waals surface area contributed by atoms with E-state index in [1.165, 1.54) is 16.7 Å². The molecule has 0 fully saturated rings. The predicted octanol–water partition coefficient (Wildman–Crippen LogP) is 4.58. The van der Waals surface area contributed by atoms with Gasteiger partial charge in [-0.1, -0.05) is 57.2 Å². The van der Waals surface area contributed by atoms with E-state index >= 15 is 0 Å². The van der Waals surface area contributed by atoms with E-state index in [4.69, 9.17) is 4.74 Å². The topological polar surface area (TPSA) is 9.23 Å². The van der Waals surface area contributed by atoms with Gasteiger partial charge in [0.25, 0.3) is 0 Å². The number of benzene rings is 2. The summed E-state index contributed by atoms with van der Waals surface area (Å²) in [4.78, 5) is 0. The Morgan fingerprint density at radius 1 is 0.895 bits per heavy atom. The standard InChI is InChI=1S/C18H22O/c1-18(2,3)16-7-5-6-15(13-16)12-14-8-10-17(19-4)11-9-14/h5-11,13H,12H2,1-4H3. The fraction of sp³-hybridized carbons (Fsp3) is 0.333. The monoisotopic (exact) mass is 254 g/mol. The Hall–Kier alpha value is -1.76. The van der Waals surface area contributed by atoms with Crippen molar-refractivity contribution in [2.45, 2.75) is 32.6 Å². The van der Waals surface area contributed by atoms with Gasteiger partial charge in [-0.25, -0.2) is 0 Å². The minimum absolute atomic E-state index is 0.204. The molecule has 0 aliphatic carbocycles. The number of rotatable bonds is 3. The van der Waals surface area contributed by atoms with Crippen molar-refractivity contribution in [3.05, 3.63) is 65.2 Å². The van der Waals surface area contributed by atoms with E-state index in [9.17, 15) is 0 Å². The van der Waals surface area contributed by atoms with E-state index in [-0.39, 0.29) is 5.41 Å². The molecule has 0 atom stereocenters. The SMILES string of the molecule is COc1ccc(Cc2cccc(C(C)(C)C)c2)cc1. The summed E-state index contributed by atoms with van der Waals surface area (Å²) in [7, 11) is 1.70. The summed E-state index contributed by atoms with van der Waals surface area (Å²) >= 11 is 0. The third-order valence-corrected chi connectivity index (χ3v) is 3.36. The molecule has 0 bridgehead atoms. The van der Waals surface area contributed by atoms with Crippen molar-refractivity contribution in [1.82, 2.24) is 0 Å². The van der Waals surface area contributed by atoms with Crippen LogP contribution >= 0.6 is 0 Å². The maximum absolute atomic E-state index is 5.18. The van der Waals surface area contributed by atoms with Crippen LogP contribution in [0.1, 0.15) is 37.5 Å². The normalized spacial score (nSPS) is 11.4. The smallest absolute Gasteiger partial charge is 0.118 e. The first-order valence-corrected chi connectivity index (χ1v) is 6.71. The Kier molecular flexibility index (Phi) is 3.94. The Labute approximate surface area is 116 Å². The molecule has 0 amide bonds. The van der Waals surface area contributed by atoms with Crippen LogP contribution in [0.25, 0.3) is 0 Å². The van der Waals surface area contributed by atoms with Crippen molar-refractivity contribution in [2.24, 2.45) is 0 Å². The molecule has 0 saturated carbocycles. The highest BCUT2D eigenvalue weighted by Gasteiger charge is 2.13. The minimum Gasteiger partial charge on any atom is -0.497 e. The van der Waals surface area contributed by atoms with Gasteiger partial charge in [0.2, 0.25) is 0 Å². The fourth-order valence-electron chi connectivity index (χ4n) is 2.13. The lowest BCUT2D eigenvalue weighted by Gasteiger charge is -2.19.